The van der Waals surface area contributed by atoms with E-state index in [-0.39, 0.29) is 29.0 Å². The van der Waals surface area contributed by atoms with E-state index < -0.39 is 36.3 Å². The van der Waals surface area contributed by atoms with E-state index in [0.29, 0.717) is 36.9 Å². The summed E-state index contributed by atoms with van der Waals surface area (Å²) in [4.78, 5) is 27.8. The van der Waals surface area contributed by atoms with Crippen molar-refractivity contribution in [2.24, 2.45) is 0 Å². The molecule has 1 atom stereocenters. The van der Waals surface area contributed by atoms with Crippen LogP contribution in [-0.4, -0.2) is 58.0 Å². The monoisotopic (exact) mass is 724 g/mol. The lowest BCUT2D eigenvalue weighted by Gasteiger charge is -2.24. The van der Waals surface area contributed by atoms with Crippen LogP contribution in [0.4, 0.5) is 16.2 Å². The Labute approximate surface area is 295 Å². The van der Waals surface area contributed by atoms with Gasteiger partial charge in [0.05, 0.1) is 10.6 Å². The van der Waals surface area contributed by atoms with E-state index in [4.69, 9.17) is 10.5 Å². The molecule has 50 heavy (non-hydrogen) atoms. The Balaban J connectivity index is 1.70. The third-order valence-corrected chi connectivity index (χ3v) is 10.7. The molecule has 3 aromatic carbocycles. The molecular formula is C37H48N4O7S2. The first-order chi connectivity index (χ1) is 23.1. The van der Waals surface area contributed by atoms with Crippen molar-refractivity contribution in [3.05, 3.63) is 70.8 Å². The number of ether oxygens (including phenoxy) is 1. The van der Waals surface area contributed by atoms with Gasteiger partial charge in [0.2, 0.25) is 5.91 Å². The lowest BCUT2D eigenvalue weighted by Crippen LogP contribution is -2.39. The highest BCUT2D eigenvalue weighted by atomic mass is 32.2. The quantitative estimate of drug-likeness (QED) is 0.117. The molecule has 13 heteroatoms. The van der Waals surface area contributed by atoms with Gasteiger partial charge in [0.15, 0.2) is 19.7 Å². The zero-order valence-electron chi connectivity index (χ0n) is 30.0. The maximum atomic E-state index is 13.0. The molecule has 5 N–H and O–H groups in total. The smallest absolute Gasteiger partial charge is 0.407 e. The van der Waals surface area contributed by atoms with Gasteiger partial charge < -0.3 is 26.1 Å². The van der Waals surface area contributed by atoms with Crippen molar-refractivity contribution in [1.82, 2.24) is 10.3 Å². The number of hydrogen-bond acceptors (Lipinski definition) is 8. The zero-order chi connectivity index (χ0) is 37.2. The lowest BCUT2D eigenvalue weighted by atomic mass is 9.95. The van der Waals surface area contributed by atoms with Crippen molar-refractivity contribution in [2.45, 2.75) is 95.1 Å². The molecule has 11 nitrogen and oxygen atoms in total. The van der Waals surface area contributed by atoms with Gasteiger partial charge in [-0.1, -0.05) is 23.3 Å². The number of benzene rings is 3. The zero-order valence-corrected chi connectivity index (χ0v) is 31.6. The first-order valence-corrected chi connectivity index (χ1v) is 20.2. The molecule has 1 heterocycles. The minimum Gasteiger partial charge on any atom is -0.444 e. The Hall–Kier alpha value is -4.36. The Morgan fingerprint density at radius 2 is 1.52 bits per heavy atom. The first kappa shape index (κ1) is 38.4. The van der Waals surface area contributed by atoms with Gasteiger partial charge in [-0.15, -0.1) is 0 Å². The number of aromatic nitrogens is 1. The van der Waals surface area contributed by atoms with Crippen LogP contribution in [0.2, 0.25) is 0 Å². The molecule has 0 fully saturated rings. The van der Waals surface area contributed by atoms with E-state index in [1.165, 1.54) is 13.0 Å². The second-order valence-electron chi connectivity index (χ2n) is 14.1. The average Bonchev–Trinajstić information content (AvgIpc) is 3.31. The molecule has 0 spiro atoms. The molecule has 1 aromatic heterocycles. The van der Waals surface area contributed by atoms with Crippen LogP contribution in [0.15, 0.2) is 58.3 Å². The average molecular weight is 725 g/mol. The third kappa shape index (κ3) is 9.87. The van der Waals surface area contributed by atoms with Gasteiger partial charge in [-0.05, 0) is 120 Å². The topological polar surface area (TPSA) is 178 Å². The molecule has 4 rings (SSSR count). The van der Waals surface area contributed by atoms with Crippen molar-refractivity contribution < 1.29 is 31.2 Å². The summed E-state index contributed by atoms with van der Waals surface area (Å²) in [6.07, 6.45) is 3.49. The standard InChI is InChI=1S/C37H48N4O7S2/c1-22-18-23(2)20-26(19-22)33-29(30-21-28(39-24(3)42)14-17-32(30)41-33)15-13-27(40-36(43)48-37(4,5)6)11-9-10-25-12-16-31(38)35(50(8,46)47)34(25)49(7,44)45/h12,14,16-21,27,41H,9-11,13,15,38H2,1-8H3,(H,39,42)(H,40,43). The van der Waals surface area contributed by atoms with Gasteiger partial charge in [-0.3, -0.25) is 4.79 Å². The number of nitrogens with two attached hydrogens (primary N) is 1. The highest BCUT2D eigenvalue weighted by Gasteiger charge is 2.27. The molecular weight excluding hydrogens is 677 g/mol. The normalized spacial score (nSPS) is 12.9. The van der Waals surface area contributed by atoms with Crippen LogP contribution in [0.25, 0.3) is 22.2 Å². The molecule has 0 aliphatic carbocycles. The summed E-state index contributed by atoms with van der Waals surface area (Å²) >= 11 is 0. The molecule has 0 radical (unpaired) electrons. The Bertz CT molecular complexity index is 2130. The number of aryl methyl sites for hydroxylation is 4. The second kappa shape index (κ2) is 14.9. The number of rotatable bonds is 12. The van der Waals surface area contributed by atoms with Crippen LogP contribution in [-0.2, 0) is 42.0 Å². The number of fused-ring (bicyclic) bond motifs is 1. The van der Waals surface area contributed by atoms with Crippen LogP contribution in [0.3, 0.4) is 0 Å². The number of H-pyrrole nitrogens is 1. The summed E-state index contributed by atoms with van der Waals surface area (Å²) < 4.78 is 56.5. The Kier molecular flexibility index (Phi) is 11.4. The lowest BCUT2D eigenvalue weighted by molar-refractivity contribution is -0.114. The Morgan fingerprint density at radius 1 is 0.880 bits per heavy atom. The largest absolute Gasteiger partial charge is 0.444 e. The summed E-state index contributed by atoms with van der Waals surface area (Å²) in [7, 11) is -7.89. The molecule has 1 unspecified atom stereocenters. The predicted molar refractivity (Wildman–Crippen MR) is 199 cm³/mol. The van der Waals surface area contributed by atoms with Crippen molar-refractivity contribution >= 4 is 54.0 Å². The van der Waals surface area contributed by atoms with Crippen LogP contribution in [0.5, 0.6) is 0 Å². The maximum absolute atomic E-state index is 13.0. The number of carbonyl (C=O) groups is 2. The number of amides is 2. The molecule has 0 saturated carbocycles. The van der Waals surface area contributed by atoms with E-state index >= 15 is 0 Å². The van der Waals surface area contributed by atoms with E-state index in [0.717, 1.165) is 51.4 Å². The van der Waals surface area contributed by atoms with Crippen molar-refractivity contribution in [3.63, 3.8) is 0 Å². The van der Waals surface area contributed by atoms with Crippen LogP contribution >= 0.6 is 0 Å². The maximum Gasteiger partial charge on any atom is 0.407 e. The minimum atomic E-state index is -3.95. The van der Waals surface area contributed by atoms with E-state index in [2.05, 4.69) is 33.8 Å². The van der Waals surface area contributed by atoms with E-state index in [9.17, 15) is 26.4 Å². The van der Waals surface area contributed by atoms with E-state index in [1.807, 2.05) is 32.0 Å². The van der Waals surface area contributed by atoms with Crippen molar-refractivity contribution in [3.8, 4) is 11.3 Å². The summed E-state index contributed by atoms with van der Waals surface area (Å²) in [5, 5.41) is 6.82. The fourth-order valence-electron chi connectivity index (χ4n) is 6.38. The number of alkyl carbamates (subject to hydrolysis) is 1. The van der Waals surface area contributed by atoms with Crippen molar-refractivity contribution in [2.75, 3.05) is 23.6 Å². The number of aromatic amines is 1. The van der Waals surface area contributed by atoms with Gasteiger partial charge >= 0.3 is 6.09 Å². The van der Waals surface area contributed by atoms with Crippen molar-refractivity contribution in [1.29, 1.82) is 0 Å². The summed E-state index contributed by atoms with van der Waals surface area (Å²) in [5.74, 6) is -0.179. The molecule has 270 valence electrons. The van der Waals surface area contributed by atoms with Gasteiger partial charge in [-0.2, -0.15) is 0 Å². The van der Waals surface area contributed by atoms with Gasteiger partial charge in [0, 0.05) is 47.8 Å². The molecule has 0 aliphatic heterocycles. The molecule has 0 saturated heterocycles. The number of sulfone groups is 2. The van der Waals surface area contributed by atoms with E-state index in [1.54, 1.807) is 26.8 Å². The first-order valence-electron chi connectivity index (χ1n) is 16.4. The summed E-state index contributed by atoms with van der Waals surface area (Å²) in [5.41, 5.74) is 12.2. The highest BCUT2D eigenvalue weighted by molar-refractivity contribution is 7.94. The number of nitrogens with one attached hydrogen (secondary N) is 3. The van der Waals surface area contributed by atoms with Crippen LogP contribution < -0.4 is 16.4 Å². The van der Waals surface area contributed by atoms with Gasteiger partial charge in [-0.25, -0.2) is 21.6 Å². The molecule has 2 amide bonds. The number of anilines is 2. The van der Waals surface area contributed by atoms with Gasteiger partial charge in [0.1, 0.15) is 10.5 Å². The number of carbonyl (C=O) groups excluding carboxylic acids is 2. The SMILES string of the molecule is CC(=O)Nc1ccc2[nH]c(-c3cc(C)cc(C)c3)c(CCC(CCCc3ccc(N)c(S(C)(=O)=O)c3S(C)(=O)=O)NC(=O)OC(C)(C)C)c2c1. The molecule has 4 aromatic rings. The predicted octanol–water partition coefficient (Wildman–Crippen LogP) is 6.65. The number of nitrogen functional groups attached to an aromatic ring is 1. The fraction of sp³-hybridized carbons (Fsp3) is 0.405. The molecule has 0 bridgehead atoms. The fourth-order valence-corrected chi connectivity index (χ4v) is 9.35. The number of hydrogen-bond donors (Lipinski definition) is 4. The Morgan fingerprint density at radius 3 is 2.10 bits per heavy atom. The van der Waals surface area contributed by atoms with Gasteiger partial charge in [0.25, 0.3) is 0 Å². The second-order valence-corrected chi connectivity index (χ2v) is 18.0. The third-order valence-electron chi connectivity index (χ3n) is 8.16. The van der Waals surface area contributed by atoms with Crippen LogP contribution in [0, 0.1) is 13.8 Å². The van der Waals surface area contributed by atoms with Crippen LogP contribution in [0.1, 0.15) is 69.2 Å². The highest BCUT2D eigenvalue weighted by Crippen LogP contribution is 2.35. The minimum absolute atomic E-state index is 0.124. The molecule has 0 aliphatic rings. The summed E-state index contributed by atoms with van der Waals surface area (Å²) in [6, 6.07) is 14.6. The summed E-state index contributed by atoms with van der Waals surface area (Å²) in [6.45, 7) is 10.9.